The standard InChI is InChI=1S/C16H18N2O2S/c17-11-16(18)14(12-7-3-1-4-8-12)15(16)21(19,20)13-9-5-2-6-10-13/h1-10,14-15H,11,17-18H2/t14-,15-,16+/m0/s1. The van der Waals surface area contributed by atoms with Crippen LogP contribution in [0.1, 0.15) is 11.5 Å². The van der Waals surface area contributed by atoms with Crippen LogP contribution in [-0.2, 0) is 9.84 Å². The Balaban J connectivity index is 2.03. The monoisotopic (exact) mass is 302 g/mol. The van der Waals surface area contributed by atoms with Crippen molar-refractivity contribution in [1.29, 1.82) is 0 Å². The maximum Gasteiger partial charge on any atom is 0.183 e. The van der Waals surface area contributed by atoms with Crippen molar-refractivity contribution in [3.8, 4) is 0 Å². The average molecular weight is 302 g/mol. The highest BCUT2D eigenvalue weighted by molar-refractivity contribution is 7.92. The van der Waals surface area contributed by atoms with E-state index >= 15 is 0 Å². The fourth-order valence-electron chi connectivity index (χ4n) is 3.04. The molecule has 0 amide bonds. The molecule has 4 N–H and O–H groups in total. The van der Waals surface area contributed by atoms with E-state index in [1.165, 1.54) is 0 Å². The van der Waals surface area contributed by atoms with E-state index in [-0.39, 0.29) is 12.5 Å². The Morgan fingerprint density at radius 1 is 0.952 bits per heavy atom. The van der Waals surface area contributed by atoms with E-state index in [4.69, 9.17) is 11.5 Å². The minimum Gasteiger partial charge on any atom is -0.329 e. The van der Waals surface area contributed by atoms with E-state index in [0.29, 0.717) is 4.90 Å². The summed E-state index contributed by atoms with van der Waals surface area (Å²) in [7, 11) is -3.49. The third kappa shape index (κ3) is 2.18. The van der Waals surface area contributed by atoms with E-state index in [9.17, 15) is 8.42 Å². The molecule has 3 rings (SSSR count). The Kier molecular flexibility index (Phi) is 3.36. The van der Waals surface area contributed by atoms with Crippen molar-refractivity contribution in [1.82, 2.24) is 0 Å². The summed E-state index contributed by atoms with van der Waals surface area (Å²) in [5.41, 5.74) is 12.1. The van der Waals surface area contributed by atoms with Crippen molar-refractivity contribution in [2.45, 2.75) is 21.6 Å². The van der Waals surface area contributed by atoms with E-state index in [1.54, 1.807) is 30.3 Å². The van der Waals surface area contributed by atoms with Crippen LogP contribution in [0.3, 0.4) is 0 Å². The number of nitrogens with two attached hydrogens (primary N) is 2. The van der Waals surface area contributed by atoms with Crippen LogP contribution in [-0.4, -0.2) is 25.8 Å². The molecule has 0 heterocycles. The lowest BCUT2D eigenvalue weighted by molar-refractivity contribution is 0.586. The summed E-state index contributed by atoms with van der Waals surface area (Å²) in [6.07, 6.45) is 0. The first-order valence-corrected chi connectivity index (χ1v) is 8.39. The Labute approximate surface area is 124 Å². The molecular formula is C16H18N2O2S. The minimum absolute atomic E-state index is 0.142. The highest BCUT2D eigenvalue weighted by atomic mass is 32.2. The predicted molar refractivity (Wildman–Crippen MR) is 82.6 cm³/mol. The number of sulfone groups is 1. The molecule has 2 aromatic carbocycles. The Bertz CT molecular complexity index is 731. The van der Waals surface area contributed by atoms with Gasteiger partial charge in [-0.2, -0.15) is 0 Å². The van der Waals surface area contributed by atoms with Gasteiger partial charge in [0.1, 0.15) is 0 Å². The first-order valence-electron chi connectivity index (χ1n) is 6.84. The zero-order valence-electron chi connectivity index (χ0n) is 11.5. The van der Waals surface area contributed by atoms with Gasteiger partial charge in [-0.25, -0.2) is 8.42 Å². The molecule has 2 aromatic rings. The summed E-state index contributed by atoms with van der Waals surface area (Å²) in [6.45, 7) is 0.142. The van der Waals surface area contributed by atoms with Gasteiger partial charge in [0.15, 0.2) is 9.84 Å². The fourth-order valence-corrected chi connectivity index (χ4v) is 5.38. The third-order valence-electron chi connectivity index (χ3n) is 4.22. The highest BCUT2D eigenvalue weighted by Crippen LogP contribution is 2.54. The zero-order chi connectivity index (χ0) is 15.1. The molecule has 1 saturated carbocycles. The highest BCUT2D eigenvalue weighted by Gasteiger charge is 2.68. The average Bonchev–Trinajstić information content (AvgIpc) is 3.17. The lowest BCUT2D eigenvalue weighted by Crippen LogP contribution is -2.39. The second-order valence-corrected chi connectivity index (χ2v) is 7.55. The van der Waals surface area contributed by atoms with E-state index in [0.717, 1.165) is 5.56 Å². The van der Waals surface area contributed by atoms with Gasteiger partial charge in [0.25, 0.3) is 0 Å². The van der Waals surface area contributed by atoms with Gasteiger partial charge in [-0.15, -0.1) is 0 Å². The number of hydrogen-bond donors (Lipinski definition) is 2. The van der Waals surface area contributed by atoms with Crippen molar-refractivity contribution in [3.63, 3.8) is 0 Å². The Morgan fingerprint density at radius 2 is 1.48 bits per heavy atom. The van der Waals surface area contributed by atoms with Crippen molar-refractivity contribution in [2.24, 2.45) is 11.5 Å². The van der Waals surface area contributed by atoms with E-state index in [1.807, 2.05) is 30.3 Å². The van der Waals surface area contributed by atoms with Crippen LogP contribution in [0.5, 0.6) is 0 Å². The second-order valence-electron chi connectivity index (χ2n) is 5.48. The van der Waals surface area contributed by atoms with Gasteiger partial charge < -0.3 is 11.5 Å². The van der Waals surface area contributed by atoms with Crippen molar-refractivity contribution in [3.05, 3.63) is 66.2 Å². The number of hydrogen-bond acceptors (Lipinski definition) is 4. The molecule has 0 spiro atoms. The number of rotatable bonds is 4. The quantitative estimate of drug-likeness (QED) is 0.891. The van der Waals surface area contributed by atoms with Crippen LogP contribution < -0.4 is 11.5 Å². The minimum atomic E-state index is -3.49. The maximum atomic E-state index is 12.8. The zero-order valence-corrected chi connectivity index (χ0v) is 12.3. The number of benzene rings is 2. The largest absolute Gasteiger partial charge is 0.329 e. The van der Waals surface area contributed by atoms with E-state index in [2.05, 4.69) is 0 Å². The molecule has 0 aliphatic heterocycles. The summed E-state index contributed by atoms with van der Waals surface area (Å²) in [5, 5.41) is -0.667. The topological polar surface area (TPSA) is 86.2 Å². The normalized spacial score (nSPS) is 28.3. The fraction of sp³-hybridized carbons (Fsp3) is 0.250. The Hall–Kier alpha value is -1.69. The second kappa shape index (κ2) is 4.94. The SMILES string of the molecule is NC[C@@]1(N)[C@@H](c2ccccc2)[C@@H]1S(=O)(=O)c1ccccc1. The molecule has 110 valence electrons. The van der Waals surface area contributed by atoms with Crippen molar-refractivity contribution >= 4 is 9.84 Å². The van der Waals surface area contributed by atoms with Crippen LogP contribution >= 0.6 is 0 Å². The molecule has 0 unspecified atom stereocenters. The molecule has 0 saturated heterocycles. The smallest absolute Gasteiger partial charge is 0.183 e. The van der Waals surface area contributed by atoms with Gasteiger partial charge in [-0.05, 0) is 17.7 Å². The molecule has 3 atom stereocenters. The van der Waals surface area contributed by atoms with Gasteiger partial charge in [0.05, 0.1) is 15.7 Å². The van der Waals surface area contributed by atoms with Crippen LogP contribution in [0.25, 0.3) is 0 Å². The molecule has 21 heavy (non-hydrogen) atoms. The molecule has 1 aliphatic rings. The molecule has 0 bridgehead atoms. The lowest BCUT2D eigenvalue weighted by Gasteiger charge is -2.08. The molecule has 5 heteroatoms. The van der Waals surface area contributed by atoms with Gasteiger partial charge in [-0.3, -0.25) is 0 Å². The summed E-state index contributed by atoms with van der Waals surface area (Å²) in [5.74, 6) is -0.256. The first kappa shape index (κ1) is 14.3. The van der Waals surface area contributed by atoms with Gasteiger partial charge in [0.2, 0.25) is 0 Å². The Morgan fingerprint density at radius 3 is 2.00 bits per heavy atom. The molecule has 4 nitrogen and oxygen atoms in total. The van der Waals surface area contributed by atoms with Crippen LogP contribution in [0.15, 0.2) is 65.6 Å². The lowest BCUT2D eigenvalue weighted by atomic mass is 10.1. The summed E-state index contributed by atoms with van der Waals surface area (Å²) in [4.78, 5) is 0.303. The molecule has 1 aliphatic carbocycles. The third-order valence-corrected chi connectivity index (χ3v) is 6.53. The molecular weight excluding hydrogens is 284 g/mol. The van der Waals surface area contributed by atoms with Crippen molar-refractivity contribution in [2.75, 3.05) is 6.54 Å². The molecule has 1 fully saturated rings. The van der Waals surface area contributed by atoms with Gasteiger partial charge >= 0.3 is 0 Å². The van der Waals surface area contributed by atoms with Gasteiger partial charge in [-0.1, -0.05) is 48.5 Å². The van der Waals surface area contributed by atoms with Crippen molar-refractivity contribution < 1.29 is 8.42 Å². The predicted octanol–water partition coefficient (Wildman–Crippen LogP) is 1.28. The van der Waals surface area contributed by atoms with Crippen LogP contribution in [0.2, 0.25) is 0 Å². The maximum absolute atomic E-state index is 12.8. The van der Waals surface area contributed by atoms with Crippen LogP contribution in [0, 0.1) is 0 Å². The van der Waals surface area contributed by atoms with E-state index < -0.39 is 20.6 Å². The summed E-state index contributed by atoms with van der Waals surface area (Å²) < 4.78 is 25.6. The summed E-state index contributed by atoms with van der Waals surface area (Å²) in [6, 6.07) is 17.9. The molecule has 0 aromatic heterocycles. The van der Waals surface area contributed by atoms with Crippen LogP contribution in [0.4, 0.5) is 0 Å². The van der Waals surface area contributed by atoms with Gasteiger partial charge in [0, 0.05) is 12.5 Å². The summed E-state index contributed by atoms with van der Waals surface area (Å²) >= 11 is 0. The molecule has 0 radical (unpaired) electrons. The first-order chi connectivity index (χ1) is 10.0.